The maximum absolute atomic E-state index is 13.6. The second-order valence-electron chi connectivity index (χ2n) is 6.25. The SMILES string of the molecule is CC(C)C(C)N(C(=O)CCc1cc(F)ccc1F)C1CC1. The summed E-state index contributed by atoms with van der Waals surface area (Å²) in [4.78, 5) is 14.4. The minimum Gasteiger partial charge on any atom is -0.337 e. The highest BCUT2D eigenvalue weighted by molar-refractivity contribution is 5.77. The number of rotatable bonds is 6. The van der Waals surface area contributed by atoms with Gasteiger partial charge in [-0.2, -0.15) is 0 Å². The molecule has 21 heavy (non-hydrogen) atoms. The number of carbonyl (C=O) groups is 1. The van der Waals surface area contributed by atoms with Crippen molar-refractivity contribution in [3.05, 3.63) is 35.4 Å². The van der Waals surface area contributed by atoms with Crippen LogP contribution in [-0.2, 0) is 11.2 Å². The van der Waals surface area contributed by atoms with Gasteiger partial charge in [-0.05, 0) is 55.9 Å². The number of hydrogen-bond acceptors (Lipinski definition) is 1. The Labute approximate surface area is 125 Å². The summed E-state index contributed by atoms with van der Waals surface area (Å²) in [6.07, 6.45) is 2.58. The maximum atomic E-state index is 13.6. The van der Waals surface area contributed by atoms with E-state index >= 15 is 0 Å². The number of benzene rings is 1. The lowest BCUT2D eigenvalue weighted by molar-refractivity contribution is -0.134. The summed E-state index contributed by atoms with van der Waals surface area (Å²) >= 11 is 0. The van der Waals surface area contributed by atoms with Crippen molar-refractivity contribution in [1.82, 2.24) is 4.90 Å². The van der Waals surface area contributed by atoms with Gasteiger partial charge in [-0.25, -0.2) is 8.78 Å². The monoisotopic (exact) mass is 295 g/mol. The Morgan fingerprint density at radius 1 is 1.29 bits per heavy atom. The number of nitrogens with zero attached hydrogens (tertiary/aromatic N) is 1. The molecule has 0 saturated heterocycles. The van der Waals surface area contributed by atoms with Gasteiger partial charge in [0.25, 0.3) is 0 Å². The van der Waals surface area contributed by atoms with Crippen molar-refractivity contribution in [2.24, 2.45) is 5.92 Å². The van der Waals surface area contributed by atoms with Gasteiger partial charge in [0.15, 0.2) is 0 Å². The van der Waals surface area contributed by atoms with E-state index in [0.717, 1.165) is 25.0 Å². The van der Waals surface area contributed by atoms with E-state index in [4.69, 9.17) is 0 Å². The lowest BCUT2D eigenvalue weighted by Crippen LogP contribution is -2.43. The first-order valence-electron chi connectivity index (χ1n) is 7.65. The van der Waals surface area contributed by atoms with Crippen molar-refractivity contribution in [2.45, 2.75) is 58.5 Å². The number of amides is 1. The van der Waals surface area contributed by atoms with E-state index in [1.807, 2.05) is 4.90 Å². The molecular formula is C17H23F2NO. The van der Waals surface area contributed by atoms with Crippen molar-refractivity contribution < 1.29 is 13.6 Å². The second-order valence-corrected chi connectivity index (χ2v) is 6.25. The lowest BCUT2D eigenvalue weighted by Gasteiger charge is -2.32. The smallest absolute Gasteiger partial charge is 0.223 e. The molecule has 1 aliphatic rings. The normalized spacial score (nSPS) is 16.1. The Bertz CT molecular complexity index is 512. The van der Waals surface area contributed by atoms with Gasteiger partial charge in [0.2, 0.25) is 5.91 Å². The van der Waals surface area contributed by atoms with Crippen LogP contribution in [0.15, 0.2) is 18.2 Å². The molecule has 1 unspecified atom stereocenters. The average Bonchev–Trinajstić information content (AvgIpc) is 3.24. The fourth-order valence-corrected chi connectivity index (χ4v) is 2.54. The van der Waals surface area contributed by atoms with Crippen LogP contribution >= 0.6 is 0 Å². The molecule has 0 heterocycles. The Morgan fingerprint density at radius 3 is 2.52 bits per heavy atom. The van der Waals surface area contributed by atoms with Crippen LogP contribution < -0.4 is 0 Å². The van der Waals surface area contributed by atoms with Gasteiger partial charge in [-0.15, -0.1) is 0 Å². The minimum atomic E-state index is -0.464. The standard InChI is InChI=1S/C17H23F2NO/c1-11(2)12(3)20(15-6-7-15)17(21)9-4-13-10-14(18)5-8-16(13)19/h5,8,10-12,15H,4,6-7,9H2,1-3H3. The third kappa shape index (κ3) is 4.02. The molecule has 0 spiro atoms. The molecule has 1 aliphatic carbocycles. The maximum Gasteiger partial charge on any atom is 0.223 e. The molecule has 1 atom stereocenters. The molecule has 0 N–H and O–H groups in total. The van der Waals surface area contributed by atoms with Gasteiger partial charge in [0, 0.05) is 18.5 Å². The van der Waals surface area contributed by atoms with Crippen molar-refractivity contribution in [1.29, 1.82) is 0 Å². The van der Waals surface area contributed by atoms with Crippen molar-refractivity contribution in [3.8, 4) is 0 Å². The predicted octanol–water partition coefficient (Wildman–Crippen LogP) is 3.93. The molecule has 2 nitrogen and oxygen atoms in total. The molecule has 116 valence electrons. The zero-order valence-corrected chi connectivity index (χ0v) is 12.9. The van der Waals surface area contributed by atoms with Crippen LogP contribution in [0.25, 0.3) is 0 Å². The predicted molar refractivity (Wildman–Crippen MR) is 78.8 cm³/mol. The number of hydrogen-bond donors (Lipinski definition) is 0. The van der Waals surface area contributed by atoms with Crippen LogP contribution in [0, 0.1) is 17.6 Å². The Balaban J connectivity index is 2.00. The summed E-state index contributed by atoms with van der Waals surface area (Å²) < 4.78 is 26.7. The lowest BCUT2D eigenvalue weighted by atomic mass is 10.0. The topological polar surface area (TPSA) is 20.3 Å². The highest BCUT2D eigenvalue weighted by atomic mass is 19.1. The van der Waals surface area contributed by atoms with Crippen molar-refractivity contribution in [3.63, 3.8) is 0 Å². The van der Waals surface area contributed by atoms with Crippen molar-refractivity contribution >= 4 is 5.91 Å². The number of halogens is 2. The first-order chi connectivity index (χ1) is 9.90. The molecule has 1 amide bonds. The molecule has 1 saturated carbocycles. The highest BCUT2D eigenvalue weighted by Crippen LogP contribution is 2.31. The Morgan fingerprint density at radius 2 is 1.95 bits per heavy atom. The molecular weight excluding hydrogens is 272 g/mol. The van der Waals surface area contributed by atoms with Gasteiger partial charge < -0.3 is 4.90 Å². The molecule has 0 aromatic heterocycles. The van der Waals surface area contributed by atoms with E-state index < -0.39 is 11.6 Å². The van der Waals surface area contributed by atoms with Gasteiger partial charge >= 0.3 is 0 Å². The molecule has 0 aliphatic heterocycles. The fraction of sp³-hybridized carbons (Fsp3) is 0.588. The molecule has 4 heteroatoms. The quantitative estimate of drug-likeness (QED) is 0.778. The van der Waals surface area contributed by atoms with E-state index in [1.54, 1.807) is 0 Å². The van der Waals surface area contributed by atoms with Crippen LogP contribution in [0.2, 0.25) is 0 Å². The summed E-state index contributed by atoms with van der Waals surface area (Å²) in [6.45, 7) is 6.25. The summed E-state index contributed by atoms with van der Waals surface area (Å²) in [5, 5.41) is 0. The van der Waals surface area contributed by atoms with Crippen LogP contribution in [-0.4, -0.2) is 22.9 Å². The van der Waals surface area contributed by atoms with E-state index in [0.29, 0.717) is 12.0 Å². The second kappa shape index (κ2) is 6.54. The van der Waals surface area contributed by atoms with E-state index in [-0.39, 0.29) is 30.4 Å². The molecule has 1 aromatic rings. The minimum absolute atomic E-state index is 0.0439. The first-order valence-corrected chi connectivity index (χ1v) is 7.65. The third-order valence-electron chi connectivity index (χ3n) is 4.25. The summed E-state index contributed by atoms with van der Waals surface area (Å²) in [7, 11) is 0. The Kier molecular flexibility index (Phi) is 4.96. The summed E-state index contributed by atoms with van der Waals surface area (Å²) in [5.41, 5.74) is 0.274. The summed E-state index contributed by atoms with van der Waals surface area (Å²) in [5.74, 6) is -0.477. The van der Waals surface area contributed by atoms with Crippen LogP contribution in [0.4, 0.5) is 8.78 Å². The Hall–Kier alpha value is -1.45. The number of carbonyl (C=O) groups excluding carboxylic acids is 1. The fourth-order valence-electron chi connectivity index (χ4n) is 2.54. The van der Waals surface area contributed by atoms with Crippen LogP contribution in [0.1, 0.15) is 45.6 Å². The van der Waals surface area contributed by atoms with E-state index in [9.17, 15) is 13.6 Å². The molecule has 0 bridgehead atoms. The molecule has 2 rings (SSSR count). The van der Waals surface area contributed by atoms with Gasteiger partial charge in [-0.1, -0.05) is 13.8 Å². The molecule has 1 aromatic carbocycles. The molecule has 0 radical (unpaired) electrons. The molecule has 1 fully saturated rings. The number of aryl methyl sites for hydroxylation is 1. The van der Waals surface area contributed by atoms with Crippen LogP contribution in [0.3, 0.4) is 0 Å². The first kappa shape index (κ1) is 15.9. The summed E-state index contributed by atoms with van der Waals surface area (Å²) in [6, 6.07) is 3.91. The van der Waals surface area contributed by atoms with Gasteiger partial charge in [-0.3, -0.25) is 4.79 Å². The third-order valence-corrected chi connectivity index (χ3v) is 4.25. The van der Waals surface area contributed by atoms with Gasteiger partial charge in [0.05, 0.1) is 0 Å². The zero-order chi connectivity index (χ0) is 15.6. The van der Waals surface area contributed by atoms with E-state index in [1.165, 1.54) is 6.07 Å². The van der Waals surface area contributed by atoms with Crippen molar-refractivity contribution in [2.75, 3.05) is 0 Å². The zero-order valence-electron chi connectivity index (χ0n) is 12.9. The highest BCUT2D eigenvalue weighted by Gasteiger charge is 2.36. The van der Waals surface area contributed by atoms with Crippen LogP contribution in [0.5, 0.6) is 0 Å². The van der Waals surface area contributed by atoms with E-state index in [2.05, 4.69) is 20.8 Å². The van der Waals surface area contributed by atoms with Gasteiger partial charge in [0.1, 0.15) is 11.6 Å². The largest absolute Gasteiger partial charge is 0.337 e. The average molecular weight is 295 g/mol.